The highest BCUT2D eigenvalue weighted by Crippen LogP contribution is 2.30. The van der Waals surface area contributed by atoms with Crippen molar-refractivity contribution in [1.82, 2.24) is 0 Å². The highest BCUT2D eigenvalue weighted by atomic mass is 35.5. The summed E-state index contributed by atoms with van der Waals surface area (Å²) < 4.78 is 0. The minimum absolute atomic E-state index is 0.0143. The van der Waals surface area contributed by atoms with Gasteiger partial charge in [-0.1, -0.05) is 41.9 Å². The van der Waals surface area contributed by atoms with Crippen LogP contribution in [0.3, 0.4) is 0 Å². The van der Waals surface area contributed by atoms with Crippen molar-refractivity contribution in [2.45, 2.75) is 12.8 Å². The second kappa shape index (κ2) is 5.68. The van der Waals surface area contributed by atoms with Crippen LogP contribution in [0.25, 0.3) is 0 Å². The highest BCUT2D eigenvalue weighted by Gasteiger charge is 2.17. The van der Waals surface area contributed by atoms with Gasteiger partial charge in [0.25, 0.3) is 0 Å². The quantitative estimate of drug-likeness (QED) is 0.789. The van der Waals surface area contributed by atoms with Gasteiger partial charge in [-0.25, -0.2) is 0 Å². The zero-order valence-electron chi connectivity index (χ0n) is 11.2. The Hall–Kier alpha value is -1.80. The SMILES string of the molecule is O=C(c1ccccc1)c1ccc(N2CCCC2)c(Cl)c1. The maximum absolute atomic E-state index is 12.4. The Morgan fingerprint density at radius 1 is 0.950 bits per heavy atom. The first-order valence-corrected chi connectivity index (χ1v) is 7.28. The van der Waals surface area contributed by atoms with Crippen molar-refractivity contribution < 1.29 is 4.79 Å². The fraction of sp³-hybridized carbons (Fsp3) is 0.235. The van der Waals surface area contributed by atoms with Crippen molar-refractivity contribution >= 4 is 23.1 Å². The molecule has 0 radical (unpaired) electrons. The Labute approximate surface area is 124 Å². The topological polar surface area (TPSA) is 20.3 Å². The van der Waals surface area contributed by atoms with E-state index in [9.17, 15) is 4.79 Å². The van der Waals surface area contributed by atoms with E-state index in [1.807, 2.05) is 42.5 Å². The van der Waals surface area contributed by atoms with Crippen molar-refractivity contribution in [3.05, 3.63) is 64.7 Å². The maximum atomic E-state index is 12.4. The first-order valence-electron chi connectivity index (χ1n) is 6.90. The lowest BCUT2D eigenvalue weighted by Gasteiger charge is -2.19. The number of carbonyl (C=O) groups is 1. The second-order valence-corrected chi connectivity index (χ2v) is 5.46. The van der Waals surface area contributed by atoms with Gasteiger partial charge >= 0.3 is 0 Å². The zero-order valence-corrected chi connectivity index (χ0v) is 11.9. The van der Waals surface area contributed by atoms with Gasteiger partial charge in [0.1, 0.15) is 0 Å². The fourth-order valence-electron chi connectivity index (χ4n) is 2.62. The summed E-state index contributed by atoms with van der Waals surface area (Å²) in [6.07, 6.45) is 2.42. The molecule has 0 aliphatic carbocycles. The Morgan fingerprint density at radius 3 is 2.30 bits per heavy atom. The lowest BCUT2D eigenvalue weighted by molar-refractivity contribution is 0.103. The third-order valence-corrected chi connectivity index (χ3v) is 4.00. The number of halogens is 1. The monoisotopic (exact) mass is 285 g/mol. The van der Waals surface area contributed by atoms with E-state index in [4.69, 9.17) is 11.6 Å². The summed E-state index contributed by atoms with van der Waals surface area (Å²) in [6, 6.07) is 14.9. The van der Waals surface area contributed by atoms with E-state index in [0.717, 1.165) is 18.8 Å². The minimum Gasteiger partial charge on any atom is -0.370 e. The van der Waals surface area contributed by atoms with Crippen molar-refractivity contribution in [3.8, 4) is 0 Å². The van der Waals surface area contributed by atoms with E-state index < -0.39 is 0 Å². The number of hydrogen-bond acceptors (Lipinski definition) is 2. The molecule has 20 heavy (non-hydrogen) atoms. The van der Waals surface area contributed by atoms with Gasteiger partial charge in [-0.3, -0.25) is 4.79 Å². The zero-order chi connectivity index (χ0) is 13.9. The Bertz CT molecular complexity index is 618. The molecule has 3 heteroatoms. The molecule has 1 fully saturated rings. The normalized spacial score (nSPS) is 14.6. The molecule has 1 saturated heterocycles. The number of benzene rings is 2. The molecular formula is C17H16ClNO. The summed E-state index contributed by atoms with van der Waals surface area (Å²) >= 11 is 6.35. The molecule has 1 heterocycles. The first-order chi connectivity index (χ1) is 9.75. The summed E-state index contributed by atoms with van der Waals surface area (Å²) in [7, 11) is 0. The number of hydrogen-bond donors (Lipinski definition) is 0. The van der Waals surface area contributed by atoms with Crippen LogP contribution in [0.15, 0.2) is 48.5 Å². The van der Waals surface area contributed by atoms with Crippen LogP contribution in [-0.4, -0.2) is 18.9 Å². The van der Waals surface area contributed by atoms with E-state index in [1.165, 1.54) is 12.8 Å². The average molecular weight is 286 g/mol. The molecule has 0 unspecified atom stereocenters. The molecule has 0 saturated carbocycles. The molecular weight excluding hydrogens is 270 g/mol. The van der Waals surface area contributed by atoms with Gasteiger partial charge in [-0.05, 0) is 31.0 Å². The average Bonchev–Trinajstić information content (AvgIpc) is 3.01. The summed E-state index contributed by atoms with van der Waals surface area (Å²) in [4.78, 5) is 14.6. The van der Waals surface area contributed by atoms with Crippen LogP contribution in [0.2, 0.25) is 5.02 Å². The molecule has 2 nitrogen and oxygen atoms in total. The Balaban J connectivity index is 1.88. The van der Waals surface area contributed by atoms with E-state index in [-0.39, 0.29) is 5.78 Å². The summed E-state index contributed by atoms with van der Waals surface area (Å²) in [5, 5.41) is 0.661. The molecule has 0 N–H and O–H groups in total. The Morgan fingerprint density at radius 2 is 1.65 bits per heavy atom. The van der Waals surface area contributed by atoms with Crippen LogP contribution in [-0.2, 0) is 0 Å². The van der Waals surface area contributed by atoms with E-state index in [1.54, 1.807) is 6.07 Å². The van der Waals surface area contributed by atoms with E-state index in [2.05, 4.69) is 4.90 Å². The number of carbonyl (C=O) groups excluding carboxylic acids is 1. The summed E-state index contributed by atoms with van der Waals surface area (Å²) in [6.45, 7) is 2.09. The van der Waals surface area contributed by atoms with Gasteiger partial charge in [0.2, 0.25) is 0 Å². The molecule has 1 aliphatic rings. The molecule has 2 aromatic carbocycles. The number of ketones is 1. The van der Waals surface area contributed by atoms with E-state index >= 15 is 0 Å². The molecule has 0 atom stereocenters. The number of nitrogens with zero attached hydrogens (tertiary/aromatic N) is 1. The van der Waals surface area contributed by atoms with Crippen LogP contribution in [0.1, 0.15) is 28.8 Å². The van der Waals surface area contributed by atoms with Crippen LogP contribution in [0.5, 0.6) is 0 Å². The van der Waals surface area contributed by atoms with Gasteiger partial charge in [-0.2, -0.15) is 0 Å². The predicted octanol–water partition coefficient (Wildman–Crippen LogP) is 4.17. The lowest BCUT2D eigenvalue weighted by atomic mass is 10.0. The summed E-state index contributed by atoms with van der Waals surface area (Å²) in [5.74, 6) is 0.0143. The van der Waals surface area contributed by atoms with Crippen LogP contribution in [0.4, 0.5) is 5.69 Å². The van der Waals surface area contributed by atoms with Crippen LogP contribution in [0, 0.1) is 0 Å². The second-order valence-electron chi connectivity index (χ2n) is 5.06. The molecule has 1 aliphatic heterocycles. The van der Waals surface area contributed by atoms with Gasteiger partial charge in [0.15, 0.2) is 5.78 Å². The highest BCUT2D eigenvalue weighted by molar-refractivity contribution is 6.33. The maximum Gasteiger partial charge on any atom is 0.193 e. The molecule has 0 spiro atoms. The third-order valence-electron chi connectivity index (χ3n) is 3.69. The standard InChI is InChI=1S/C17H16ClNO/c18-15-12-14(17(20)13-6-2-1-3-7-13)8-9-16(15)19-10-4-5-11-19/h1-3,6-9,12H,4-5,10-11H2. The number of anilines is 1. The van der Waals surface area contributed by atoms with E-state index in [0.29, 0.717) is 16.1 Å². The molecule has 102 valence electrons. The van der Waals surface area contributed by atoms with Crippen LogP contribution < -0.4 is 4.90 Å². The van der Waals surface area contributed by atoms with Crippen molar-refractivity contribution in [1.29, 1.82) is 0 Å². The summed E-state index contributed by atoms with van der Waals surface area (Å²) in [5.41, 5.74) is 2.37. The predicted molar refractivity (Wildman–Crippen MR) is 82.8 cm³/mol. The van der Waals surface area contributed by atoms with Crippen molar-refractivity contribution in [2.75, 3.05) is 18.0 Å². The van der Waals surface area contributed by atoms with Gasteiger partial charge in [-0.15, -0.1) is 0 Å². The minimum atomic E-state index is 0.0143. The van der Waals surface area contributed by atoms with Gasteiger partial charge in [0.05, 0.1) is 10.7 Å². The van der Waals surface area contributed by atoms with Crippen molar-refractivity contribution in [2.24, 2.45) is 0 Å². The first kappa shape index (κ1) is 13.2. The Kier molecular flexibility index (Phi) is 3.75. The fourth-order valence-corrected chi connectivity index (χ4v) is 2.92. The molecule has 0 bridgehead atoms. The number of rotatable bonds is 3. The third kappa shape index (κ3) is 2.56. The molecule has 0 amide bonds. The molecule has 2 aromatic rings. The molecule has 3 rings (SSSR count). The largest absolute Gasteiger partial charge is 0.370 e. The van der Waals surface area contributed by atoms with Gasteiger partial charge in [0, 0.05) is 24.2 Å². The molecule has 0 aromatic heterocycles. The smallest absolute Gasteiger partial charge is 0.193 e. The van der Waals surface area contributed by atoms with Gasteiger partial charge < -0.3 is 4.90 Å². The van der Waals surface area contributed by atoms with Crippen LogP contribution >= 0.6 is 11.6 Å². The van der Waals surface area contributed by atoms with Crippen molar-refractivity contribution in [3.63, 3.8) is 0 Å². The lowest BCUT2D eigenvalue weighted by Crippen LogP contribution is -2.18.